The molecule has 0 saturated carbocycles. The molecule has 86 valence electrons. The second-order valence-electron chi connectivity index (χ2n) is 4.72. The van der Waals surface area contributed by atoms with Crippen molar-refractivity contribution in [1.29, 1.82) is 0 Å². The van der Waals surface area contributed by atoms with Crippen molar-refractivity contribution in [1.82, 2.24) is 0 Å². The van der Waals surface area contributed by atoms with Crippen LogP contribution < -0.4 is 0 Å². The second kappa shape index (κ2) is 5.86. The third kappa shape index (κ3) is 3.49. The first-order chi connectivity index (χ1) is 7.84. The molecule has 0 heterocycles. The molecule has 1 aliphatic rings. The van der Waals surface area contributed by atoms with Gasteiger partial charge >= 0.3 is 0 Å². The van der Waals surface area contributed by atoms with E-state index in [0.717, 1.165) is 32.1 Å². The summed E-state index contributed by atoms with van der Waals surface area (Å²) in [5.41, 5.74) is 1.33. The number of rotatable bonds is 5. The molecule has 0 spiro atoms. The number of aryl methyl sites for hydroxylation is 1. The van der Waals surface area contributed by atoms with E-state index < -0.39 is 0 Å². The molecule has 0 aromatic heterocycles. The lowest BCUT2D eigenvalue weighted by atomic mass is 9.95. The smallest absolute Gasteiger partial charge is 0.0546 e. The molecule has 0 fully saturated rings. The average Bonchev–Trinajstić information content (AvgIpc) is 2.81. The first-order valence-electron chi connectivity index (χ1n) is 6.21. The Labute approximate surface area is 97.8 Å². The second-order valence-corrected chi connectivity index (χ2v) is 4.72. The highest BCUT2D eigenvalue weighted by atomic mass is 16.3. The number of hydrogen-bond donors (Lipinski definition) is 1. The van der Waals surface area contributed by atoms with Crippen molar-refractivity contribution in [2.24, 2.45) is 5.92 Å². The molecule has 1 aliphatic carbocycles. The van der Waals surface area contributed by atoms with Crippen LogP contribution in [-0.4, -0.2) is 11.2 Å². The fourth-order valence-corrected chi connectivity index (χ4v) is 2.35. The molecule has 0 radical (unpaired) electrons. The van der Waals surface area contributed by atoms with Gasteiger partial charge in [0.25, 0.3) is 0 Å². The summed E-state index contributed by atoms with van der Waals surface area (Å²) in [5, 5.41) is 9.94. The summed E-state index contributed by atoms with van der Waals surface area (Å²) in [6, 6.07) is 10.4. The Hall–Kier alpha value is -1.08. The van der Waals surface area contributed by atoms with E-state index in [-0.39, 0.29) is 6.10 Å². The Bertz CT molecular complexity index is 321. The summed E-state index contributed by atoms with van der Waals surface area (Å²) in [5.74, 6) is 0.686. The molecule has 1 atom stereocenters. The van der Waals surface area contributed by atoms with E-state index in [4.69, 9.17) is 0 Å². The summed E-state index contributed by atoms with van der Waals surface area (Å²) >= 11 is 0. The Balaban J connectivity index is 1.69. The molecule has 0 amide bonds. The molecule has 1 aromatic carbocycles. The van der Waals surface area contributed by atoms with Gasteiger partial charge in [0.1, 0.15) is 0 Å². The zero-order valence-electron chi connectivity index (χ0n) is 9.68. The van der Waals surface area contributed by atoms with E-state index in [0.29, 0.717) is 5.92 Å². The molecule has 1 N–H and O–H groups in total. The van der Waals surface area contributed by atoms with Gasteiger partial charge in [-0.05, 0) is 43.6 Å². The highest BCUT2D eigenvalue weighted by molar-refractivity contribution is 5.14. The summed E-state index contributed by atoms with van der Waals surface area (Å²) in [4.78, 5) is 0. The van der Waals surface area contributed by atoms with Crippen molar-refractivity contribution in [2.45, 2.75) is 38.2 Å². The van der Waals surface area contributed by atoms with E-state index in [1.54, 1.807) is 0 Å². The highest BCUT2D eigenvalue weighted by Crippen LogP contribution is 2.24. The zero-order valence-corrected chi connectivity index (χ0v) is 9.68. The van der Waals surface area contributed by atoms with Gasteiger partial charge in [0, 0.05) is 0 Å². The molecular formula is C15H20O. The third-order valence-electron chi connectivity index (χ3n) is 3.32. The standard InChI is InChI=1S/C15H20O/c16-15(12-14-8-4-5-9-14)11-10-13-6-2-1-3-7-13/h1-7,14-16H,8-12H2. The van der Waals surface area contributed by atoms with Gasteiger partial charge in [0.2, 0.25) is 0 Å². The maximum absolute atomic E-state index is 9.94. The lowest BCUT2D eigenvalue weighted by molar-refractivity contribution is 0.135. The van der Waals surface area contributed by atoms with Crippen LogP contribution in [0, 0.1) is 5.92 Å². The Morgan fingerprint density at radius 2 is 1.81 bits per heavy atom. The number of aliphatic hydroxyl groups is 1. The zero-order chi connectivity index (χ0) is 11.2. The van der Waals surface area contributed by atoms with Crippen LogP contribution >= 0.6 is 0 Å². The number of allylic oxidation sites excluding steroid dienone is 2. The third-order valence-corrected chi connectivity index (χ3v) is 3.32. The monoisotopic (exact) mass is 216 g/mol. The highest BCUT2D eigenvalue weighted by Gasteiger charge is 2.15. The molecule has 1 nitrogen and oxygen atoms in total. The van der Waals surface area contributed by atoms with Crippen LogP contribution in [0.5, 0.6) is 0 Å². The van der Waals surface area contributed by atoms with E-state index in [2.05, 4.69) is 36.4 Å². The molecule has 2 rings (SSSR count). The van der Waals surface area contributed by atoms with E-state index in [9.17, 15) is 5.11 Å². The molecule has 1 heteroatoms. The van der Waals surface area contributed by atoms with Crippen molar-refractivity contribution < 1.29 is 5.11 Å². The molecular weight excluding hydrogens is 196 g/mol. The topological polar surface area (TPSA) is 20.2 Å². The van der Waals surface area contributed by atoms with Crippen molar-refractivity contribution in [3.63, 3.8) is 0 Å². The van der Waals surface area contributed by atoms with Crippen molar-refractivity contribution in [3.05, 3.63) is 48.0 Å². The van der Waals surface area contributed by atoms with Crippen LogP contribution in [0.25, 0.3) is 0 Å². The molecule has 0 aliphatic heterocycles. The number of hydrogen-bond acceptors (Lipinski definition) is 1. The normalized spacial score (nSPS) is 17.8. The fraction of sp³-hybridized carbons (Fsp3) is 0.467. The van der Waals surface area contributed by atoms with Crippen LogP contribution in [0.4, 0.5) is 0 Å². The van der Waals surface area contributed by atoms with Gasteiger partial charge < -0.3 is 5.11 Å². The predicted molar refractivity (Wildman–Crippen MR) is 67.3 cm³/mol. The first-order valence-corrected chi connectivity index (χ1v) is 6.21. The predicted octanol–water partition coefficient (Wildman–Crippen LogP) is 3.34. The van der Waals surface area contributed by atoms with Gasteiger partial charge in [-0.25, -0.2) is 0 Å². The van der Waals surface area contributed by atoms with Crippen LogP contribution in [0.2, 0.25) is 0 Å². The van der Waals surface area contributed by atoms with Crippen molar-refractivity contribution in [2.75, 3.05) is 0 Å². The summed E-state index contributed by atoms with van der Waals surface area (Å²) in [6.45, 7) is 0. The van der Waals surface area contributed by atoms with Gasteiger partial charge in [-0.15, -0.1) is 0 Å². The quantitative estimate of drug-likeness (QED) is 0.748. The van der Waals surface area contributed by atoms with E-state index in [1.165, 1.54) is 5.56 Å². The largest absolute Gasteiger partial charge is 0.393 e. The molecule has 0 saturated heterocycles. The Morgan fingerprint density at radius 3 is 2.50 bits per heavy atom. The van der Waals surface area contributed by atoms with Crippen LogP contribution in [-0.2, 0) is 6.42 Å². The Morgan fingerprint density at radius 1 is 1.12 bits per heavy atom. The molecule has 16 heavy (non-hydrogen) atoms. The fourth-order valence-electron chi connectivity index (χ4n) is 2.35. The lowest BCUT2D eigenvalue weighted by Crippen LogP contribution is -2.12. The maximum Gasteiger partial charge on any atom is 0.0546 e. The SMILES string of the molecule is OC(CCc1ccccc1)CC1CC=CC1. The van der Waals surface area contributed by atoms with E-state index in [1.807, 2.05) is 6.07 Å². The minimum absolute atomic E-state index is 0.134. The molecule has 1 aromatic rings. The van der Waals surface area contributed by atoms with Gasteiger partial charge in [-0.3, -0.25) is 0 Å². The molecule has 0 bridgehead atoms. The van der Waals surface area contributed by atoms with E-state index >= 15 is 0 Å². The van der Waals surface area contributed by atoms with Crippen LogP contribution in [0.1, 0.15) is 31.2 Å². The van der Waals surface area contributed by atoms with Gasteiger partial charge in [0.15, 0.2) is 0 Å². The average molecular weight is 216 g/mol. The summed E-state index contributed by atoms with van der Waals surface area (Å²) in [7, 11) is 0. The number of aliphatic hydroxyl groups excluding tert-OH is 1. The Kier molecular flexibility index (Phi) is 4.17. The van der Waals surface area contributed by atoms with Gasteiger partial charge in [0.05, 0.1) is 6.10 Å². The number of benzene rings is 1. The van der Waals surface area contributed by atoms with Crippen LogP contribution in [0.15, 0.2) is 42.5 Å². The van der Waals surface area contributed by atoms with Crippen LogP contribution in [0.3, 0.4) is 0 Å². The van der Waals surface area contributed by atoms with Gasteiger partial charge in [-0.1, -0.05) is 42.5 Å². The van der Waals surface area contributed by atoms with Gasteiger partial charge in [-0.2, -0.15) is 0 Å². The minimum atomic E-state index is -0.134. The van der Waals surface area contributed by atoms with Crippen molar-refractivity contribution >= 4 is 0 Å². The summed E-state index contributed by atoms with van der Waals surface area (Å²) < 4.78 is 0. The lowest BCUT2D eigenvalue weighted by Gasteiger charge is -2.15. The molecule has 1 unspecified atom stereocenters. The first kappa shape index (κ1) is 11.4. The summed E-state index contributed by atoms with van der Waals surface area (Å²) in [6.07, 6.45) is 9.47. The maximum atomic E-state index is 9.94. The minimum Gasteiger partial charge on any atom is -0.393 e. The van der Waals surface area contributed by atoms with Crippen molar-refractivity contribution in [3.8, 4) is 0 Å².